The van der Waals surface area contributed by atoms with Crippen molar-refractivity contribution in [2.45, 2.75) is 70.4 Å². The zero-order valence-corrected chi connectivity index (χ0v) is 25.6. The Bertz CT molecular complexity index is 1660. The van der Waals surface area contributed by atoms with E-state index in [1.807, 2.05) is 4.98 Å². The lowest BCUT2D eigenvalue weighted by atomic mass is 10.0. The van der Waals surface area contributed by atoms with Crippen molar-refractivity contribution in [3.8, 4) is 16.9 Å². The molecule has 5 unspecified atom stereocenters. The number of nitrogens with zero attached hydrogens (tertiary/aromatic N) is 1. The Kier molecular flexibility index (Phi) is 10.1. The summed E-state index contributed by atoms with van der Waals surface area (Å²) in [5, 5.41) is 2.50. The van der Waals surface area contributed by atoms with Crippen molar-refractivity contribution in [3.05, 3.63) is 87.2 Å². The molecule has 0 amide bonds. The van der Waals surface area contributed by atoms with Crippen LogP contribution in [0, 0.1) is 0 Å². The fourth-order valence-electron chi connectivity index (χ4n) is 4.58. The van der Waals surface area contributed by atoms with Crippen molar-refractivity contribution >= 4 is 13.7 Å². The molecule has 244 valence electrons. The molecule has 2 aromatic carbocycles. The number of esters is 1. The molecule has 1 aromatic heterocycles. The minimum absolute atomic E-state index is 0.0197. The number of alkyl halides is 4. The van der Waals surface area contributed by atoms with Crippen LogP contribution in [0.3, 0.4) is 0 Å². The summed E-state index contributed by atoms with van der Waals surface area (Å²) in [5.74, 6) is -0.729. The van der Waals surface area contributed by atoms with Crippen molar-refractivity contribution in [1.82, 2.24) is 14.6 Å². The van der Waals surface area contributed by atoms with Gasteiger partial charge in [0.1, 0.15) is 11.8 Å². The van der Waals surface area contributed by atoms with Crippen molar-refractivity contribution in [1.29, 1.82) is 0 Å². The van der Waals surface area contributed by atoms with Gasteiger partial charge in [-0.05, 0) is 63.1 Å². The highest BCUT2D eigenvalue weighted by molar-refractivity contribution is 7.52. The number of halogens is 4. The van der Waals surface area contributed by atoms with Crippen LogP contribution in [0.2, 0.25) is 0 Å². The molecule has 45 heavy (non-hydrogen) atoms. The minimum atomic E-state index is -4.48. The third-order valence-corrected chi connectivity index (χ3v) is 8.32. The summed E-state index contributed by atoms with van der Waals surface area (Å²) in [6.45, 7) is 5.34. The summed E-state index contributed by atoms with van der Waals surface area (Å²) in [4.78, 5) is 38.2. The Labute approximate surface area is 255 Å². The first kappa shape index (κ1) is 34.1. The lowest BCUT2D eigenvalue weighted by Gasteiger charge is -2.24. The highest BCUT2D eigenvalue weighted by Gasteiger charge is 2.48. The van der Waals surface area contributed by atoms with E-state index in [2.05, 4.69) is 5.09 Å². The highest BCUT2D eigenvalue weighted by atomic mass is 31.2. The summed E-state index contributed by atoms with van der Waals surface area (Å²) in [7, 11) is -4.40. The topological polar surface area (TPSA) is 138 Å². The van der Waals surface area contributed by atoms with E-state index in [0.29, 0.717) is 11.1 Å². The Morgan fingerprint density at radius 1 is 1.09 bits per heavy atom. The number of carbonyl (C=O) groups excluding carboxylic acids is 1. The van der Waals surface area contributed by atoms with Crippen LogP contribution in [-0.4, -0.2) is 46.0 Å². The molecular weight excluding hydrogens is 625 g/mol. The first-order valence-corrected chi connectivity index (χ1v) is 15.4. The molecular formula is C29H32F4N3O8P. The Balaban J connectivity index is 1.51. The van der Waals surface area contributed by atoms with Gasteiger partial charge in [0, 0.05) is 18.7 Å². The van der Waals surface area contributed by atoms with Crippen molar-refractivity contribution in [3.63, 3.8) is 0 Å². The second-order valence-electron chi connectivity index (χ2n) is 10.9. The molecule has 0 radical (unpaired) electrons. The number of hydrogen-bond acceptors (Lipinski definition) is 8. The zero-order valence-electron chi connectivity index (χ0n) is 24.7. The SMILES string of the molecule is CC(C)OC(=O)C(C)NP(=O)(OCC1CC(C)(F)C(n2ccc(=O)[nH]c2=O)O1)Oc1ccc(-c2ccc(C(F)(F)F)cc2)cc1. The fourth-order valence-corrected chi connectivity index (χ4v) is 6.10. The first-order chi connectivity index (χ1) is 21.0. The molecule has 2 N–H and O–H groups in total. The smallest absolute Gasteiger partial charge is 0.459 e. The van der Waals surface area contributed by atoms with Gasteiger partial charge < -0.3 is 14.0 Å². The van der Waals surface area contributed by atoms with Crippen LogP contribution in [0.25, 0.3) is 11.1 Å². The number of carbonyl (C=O) groups is 1. The van der Waals surface area contributed by atoms with Gasteiger partial charge in [-0.25, -0.2) is 13.8 Å². The van der Waals surface area contributed by atoms with Crippen LogP contribution in [0.1, 0.15) is 45.9 Å². The van der Waals surface area contributed by atoms with Gasteiger partial charge in [0.05, 0.1) is 24.4 Å². The maximum Gasteiger partial charge on any atom is 0.459 e. The van der Waals surface area contributed by atoms with Gasteiger partial charge in [0.2, 0.25) is 0 Å². The van der Waals surface area contributed by atoms with Gasteiger partial charge in [0.15, 0.2) is 11.9 Å². The molecule has 1 fully saturated rings. The largest absolute Gasteiger partial charge is 0.462 e. The summed E-state index contributed by atoms with van der Waals surface area (Å²) in [6.07, 6.45) is -6.59. The number of H-pyrrole nitrogens is 1. The molecule has 1 aliphatic heterocycles. The second kappa shape index (κ2) is 13.3. The summed E-state index contributed by atoms with van der Waals surface area (Å²) < 4.78 is 91.2. The quantitative estimate of drug-likeness (QED) is 0.158. The van der Waals surface area contributed by atoms with Gasteiger partial charge in [-0.2, -0.15) is 18.3 Å². The molecule has 16 heteroatoms. The molecule has 0 aliphatic carbocycles. The van der Waals surface area contributed by atoms with Crippen LogP contribution in [0.5, 0.6) is 5.75 Å². The van der Waals surface area contributed by atoms with Gasteiger partial charge in [0.25, 0.3) is 5.56 Å². The molecule has 1 aliphatic rings. The summed E-state index contributed by atoms with van der Waals surface area (Å²) >= 11 is 0. The van der Waals surface area contributed by atoms with Crippen LogP contribution >= 0.6 is 7.75 Å². The summed E-state index contributed by atoms with van der Waals surface area (Å²) in [5.41, 5.74) is -3.41. The van der Waals surface area contributed by atoms with E-state index in [0.717, 1.165) is 29.0 Å². The van der Waals surface area contributed by atoms with Crippen LogP contribution in [0.15, 0.2) is 70.4 Å². The molecule has 2 heterocycles. The maximum atomic E-state index is 15.5. The van der Waals surface area contributed by atoms with Crippen LogP contribution in [0.4, 0.5) is 17.6 Å². The average Bonchev–Trinajstić information content (AvgIpc) is 3.25. The Morgan fingerprint density at radius 2 is 1.69 bits per heavy atom. The molecule has 0 bridgehead atoms. The number of aromatic amines is 1. The van der Waals surface area contributed by atoms with E-state index in [1.54, 1.807) is 13.8 Å². The van der Waals surface area contributed by atoms with Crippen LogP contribution < -0.4 is 20.9 Å². The number of nitrogens with one attached hydrogen (secondary N) is 2. The maximum absolute atomic E-state index is 15.5. The fraction of sp³-hybridized carbons (Fsp3) is 0.414. The monoisotopic (exact) mass is 657 g/mol. The highest BCUT2D eigenvalue weighted by Crippen LogP contribution is 2.47. The van der Waals surface area contributed by atoms with Crippen LogP contribution in [-0.2, 0) is 29.5 Å². The van der Waals surface area contributed by atoms with E-state index in [9.17, 15) is 32.1 Å². The van der Waals surface area contributed by atoms with Gasteiger partial charge >= 0.3 is 25.6 Å². The molecule has 3 aromatic rings. The van der Waals surface area contributed by atoms with Gasteiger partial charge in [-0.15, -0.1) is 0 Å². The number of benzene rings is 2. The molecule has 0 saturated carbocycles. The zero-order chi connectivity index (χ0) is 33.2. The normalized spacial score (nSPS) is 22.2. The number of hydrogen-bond donors (Lipinski definition) is 2. The van der Waals surface area contributed by atoms with Gasteiger partial charge in [-0.3, -0.25) is 23.7 Å². The standard InChI is InChI=1S/C29H32F4N3O8P/c1-17(2)42-25(38)18(3)35-45(40,41-16-23-15-28(4,30)26(43-23)36-14-13-24(37)34-27(36)39)44-22-11-7-20(8-12-22)19-5-9-21(10-6-19)29(31,32)33/h5-14,17-18,23,26H,15-16H2,1-4H3,(H,35,40)(H,34,37,39). The minimum Gasteiger partial charge on any atom is -0.462 e. The first-order valence-electron chi connectivity index (χ1n) is 13.8. The van der Waals surface area contributed by atoms with E-state index in [-0.39, 0.29) is 12.2 Å². The number of aromatic nitrogens is 2. The molecule has 0 spiro atoms. The van der Waals surface area contributed by atoms with E-state index in [1.165, 1.54) is 50.2 Å². The molecule has 11 nitrogen and oxygen atoms in total. The predicted molar refractivity (Wildman–Crippen MR) is 154 cm³/mol. The van der Waals surface area contributed by atoms with Crippen molar-refractivity contribution in [2.24, 2.45) is 0 Å². The van der Waals surface area contributed by atoms with E-state index >= 15 is 4.39 Å². The van der Waals surface area contributed by atoms with Crippen molar-refractivity contribution in [2.75, 3.05) is 6.61 Å². The van der Waals surface area contributed by atoms with Gasteiger partial charge in [-0.1, -0.05) is 24.3 Å². The number of rotatable bonds is 11. The Hall–Kier alpha value is -3.78. The van der Waals surface area contributed by atoms with Crippen molar-refractivity contribution < 1.29 is 45.4 Å². The predicted octanol–water partition coefficient (Wildman–Crippen LogP) is 5.37. The van der Waals surface area contributed by atoms with E-state index in [4.69, 9.17) is 18.5 Å². The Morgan fingerprint density at radius 3 is 2.24 bits per heavy atom. The van der Waals surface area contributed by atoms with E-state index < -0.39 is 73.5 Å². The lowest BCUT2D eigenvalue weighted by molar-refractivity contribution is -0.149. The number of ether oxygens (including phenoxy) is 2. The average molecular weight is 658 g/mol. The lowest BCUT2D eigenvalue weighted by Crippen LogP contribution is -2.38. The third-order valence-electron chi connectivity index (χ3n) is 6.68. The third kappa shape index (κ3) is 8.69. The summed E-state index contributed by atoms with van der Waals surface area (Å²) in [6, 6.07) is 10.3. The molecule has 1 saturated heterocycles. The molecule has 5 atom stereocenters. The second-order valence-corrected chi connectivity index (χ2v) is 12.6. The molecule has 4 rings (SSSR count).